The summed E-state index contributed by atoms with van der Waals surface area (Å²) in [5.74, 6) is 2.45. The van der Waals surface area contributed by atoms with E-state index in [1.165, 1.54) is 26.4 Å². The van der Waals surface area contributed by atoms with Crippen molar-refractivity contribution < 1.29 is 9.53 Å². The molecular weight excluding hydrogens is 152 g/mol. The van der Waals surface area contributed by atoms with Gasteiger partial charge in [-0.25, -0.2) is 0 Å². The SMILES string of the molecule is COC(=O)C12CCC3CC1C2C3. The van der Waals surface area contributed by atoms with Crippen molar-refractivity contribution in [3.8, 4) is 0 Å². The third-order valence-corrected chi connectivity index (χ3v) is 4.41. The largest absolute Gasteiger partial charge is 0.469 e. The summed E-state index contributed by atoms with van der Waals surface area (Å²) in [6.07, 6.45) is 4.99. The van der Waals surface area contributed by atoms with Crippen LogP contribution in [0.3, 0.4) is 0 Å². The number of methoxy groups -OCH3 is 1. The van der Waals surface area contributed by atoms with Gasteiger partial charge in [-0.3, -0.25) is 4.79 Å². The zero-order valence-corrected chi connectivity index (χ0v) is 7.38. The predicted octanol–water partition coefficient (Wildman–Crippen LogP) is 1.60. The summed E-state index contributed by atoms with van der Waals surface area (Å²) in [4.78, 5) is 11.5. The molecule has 66 valence electrons. The molecule has 2 heteroatoms. The molecule has 0 aromatic heterocycles. The number of ether oxygens (including phenoxy) is 1. The summed E-state index contributed by atoms with van der Waals surface area (Å²) in [5, 5.41) is 0. The highest BCUT2D eigenvalue weighted by molar-refractivity contribution is 5.82. The van der Waals surface area contributed by atoms with Gasteiger partial charge in [0.2, 0.25) is 0 Å². The van der Waals surface area contributed by atoms with E-state index in [1.54, 1.807) is 0 Å². The average molecular weight is 166 g/mol. The smallest absolute Gasteiger partial charge is 0.312 e. The van der Waals surface area contributed by atoms with E-state index in [-0.39, 0.29) is 11.4 Å². The number of carbonyl (C=O) groups is 1. The zero-order chi connectivity index (χ0) is 8.34. The summed E-state index contributed by atoms with van der Waals surface area (Å²) in [7, 11) is 1.53. The van der Waals surface area contributed by atoms with Crippen LogP contribution in [0, 0.1) is 23.2 Å². The van der Waals surface area contributed by atoms with Crippen molar-refractivity contribution in [1.29, 1.82) is 0 Å². The van der Waals surface area contributed by atoms with Crippen LogP contribution in [-0.4, -0.2) is 13.1 Å². The van der Waals surface area contributed by atoms with Crippen molar-refractivity contribution in [1.82, 2.24) is 0 Å². The molecule has 2 atom stereocenters. The van der Waals surface area contributed by atoms with Crippen LogP contribution >= 0.6 is 0 Å². The lowest BCUT2D eigenvalue weighted by Crippen LogP contribution is -2.29. The lowest BCUT2D eigenvalue weighted by molar-refractivity contribution is -0.150. The summed E-state index contributed by atoms with van der Waals surface area (Å²) >= 11 is 0. The Morgan fingerprint density at radius 1 is 1.42 bits per heavy atom. The molecular formula is C10H14O2. The van der Waals surface area contributed by atoms with Gasteiger partial charge in [-0.15, -0.1) is 0 Å². The van der Waals surface area contributed by atoms with Crippen LogP contribution in [0.2, 0.25) is 0 Å². The quantitative estimate of drug-likeness (QED) is 0.553. The number of esters is 1. The second-order valence-corrected chi connectivity index (χ2v) is 4.62. The van der Waals surface area contributed by atoms with Crippen LogP contribution < -0.4 is 0 Å². The fourth-order valence-electron chi connectivity index (χ4n) is 3.81. The van der Waals surface area contributed by atoms with Crippen LogP contribution in [0.25, 0.3) is 0 Å². The van der Waals surface area contributed by atoms with Gasteiger partial charge in [0.15, 0.2) is 0 Å². The van der Waals surface area contributed by atoms with E-state index in [0.29, 0.717) is 11.8 Å². The van der Waals surface area contributed by atoms with Crippen LogP contribution in [0.1, 0.15) is 25.7 Å². The van der Waals surface area contributed by atoms with E-state index in [4.69, 9.17) is 4.74 Å². The van der Waals surface area contributed by atoms with Crippen molar-refractivity contribution in [3.63, 3.8) is 0 Å². The minimum Gasteiger partial charge on any atom is -0.469 e. The number of fused-ring (bicyclic) bond motifs is 1. The van der Waals surface area contributed by atoms with Gasteiger partial charge < -0.3 is 4.74 Å². The number of hydrogen-bond acceptors (Lipinski definition) is 2. The van der Waals surface area contributed by atoms with E-state index >= 15 is 0 Å². The van der Waals surface area contributed by atoms with Crippen LogP contribution in [0.4, 0.5) is 0 Å². The third kappa shape index (κ3) is 0.540. The van der Waals surface area contributed by atoms with E-state index in [0.717, 1.165) is 12.3 Å². The Labute approximate surface area is 72.3 Å². The van der Waals surface area contributed by atoms with Gasteiger partial charge in [0, 0.05) is 0 Å². The molecule has 2 unspecified atom stereocenters. The summed E-state index contributed by atoms with van der Waals surface area (Å²) in [5.41, 5.74) is 0.0174. The summed E-state index contributed by atoms with van der Waals surface area (Å²) in [6, 6.07) is 0. The topological polar surface area (TPSA) is 26.3 Å². The maximum absolute atomic E-state index is 11.5. The molecule has 4 bridgehead atoms. The van der Waals surface area contributed by atoms with Crippen LogP contribution in [-0.2, 0) is 9.53 Å². The Morgan fingerprint density at radius 2 is 2.08 bits per heavy atom. The molecule has 4 rings (SSSR count). The molecule has 0 aliphatic heterocycles. The van der Waals surface area contributed by atoms with Gasteiger partial charge in [0.25, 0.3) is 0 Å². The van der Waals surface area contributed by atoms with Crippen molar-refractivity contribution in [3.05, 3.63) is 0 Å². The maximum Gasteiger partial charge on any atom is 0.312 e. The molecule has 0 aromatic rings. The molecule has 12 heavy (non-hydrogen) atoms. The summed E-state index contributed by atoms with van der Waals surface area (Å²) in [6.45, 7) is 0. The van der Waals surface area contributed by atoms with Gasteiger partial charge in [-0.2, -0.15) is 0 Å². The first-order valence-corrected chi connectivity index (χ1v) is 4.87. The first-order valence-electron chi connectivity index (χ1n) is 4.87. The lowest BCUT2D eigenvalue weighted by atomic mass is 9.76. The second-order valence-electron chi connectivity index (χ2n) is 4.62. The number of rotatable bonds is 1. The van der Waals surface area contributed by atoms with Crippen molar-refractivity contribution in [2.75, 3.05) is 7.11 Å². The predicted molar refractivity (Wildman–Crippen MR) is 43.4 cm³/mol. The van der Waals surface area contributed by atoms with Crippen molar-refractivity contribution >= 4 is 5.97 Å². The van der Waals surface area contributed by atoms with Gasteiger partial charge >= 0.3 is 5.97 Å². The molecule has 0 spiro atoms. The number of hydrogen-bond donors (Lipinski definition) is 0. The zero-order valence-electron chi connectivity index (χ0n) is 7.38. The van der Waals surface area contributed by atoms with Crippen molar-refractivity contribution in [2.45, 2.75) is 25.7 Å². The van der Waals surface area contributed by atoms with E-state index in [9.17, 15) is 4.79 Å². The van der Waals surface area contributed by atoms with Gasteiger partial charge in [-0.1, -0.05) is 0 Å². The number of carbonyl (C=O) groups excluding carboxylic acids is 1. The molecule has 0 heterocycles. The minimum atomic E-state index is 0.0174. The Kier molecular flexibility index (Phi) is 1.07. The Hall–Kier alpha value is -0.530. The molecule has 4 aliphatic carbocycles. The van der Waals surface area contributed by atoms with Gasteiger partial charge in [0.1, 0.15) is 0 Å². The molecule has 2 nitrogen and oxygen atoms in total. The molecule has 4 aliphatic rings. The van der Waals surface area contributed by atoms with E-state index < -0.39 is 0 Å². The third-order valence-electron chi connectivity index (χ3n) is 4.41. The Bertz CT molecular complexity index is 234. The fourth-order valence-corrected chi connectivity index (χ4v) is 3.81. The fraction of sp³-hybridized carbons (Fsp3) is 0.900. The standard InChI is InChI=1S/C10H14O2/c1-12-9(11)10-3-2-6-4-7(10)8(10)5-6/h6-8H,2-5H2,1H3. The van der Waals surface area contributed by atoms with E-state index in [1.807, 2.05) is 0 Å². The van der Waals surface area contributed by atoms with E-state index in [2.05, 4.69) is 0 Å². The minimum absolute atomic E-state index is 0.0174. The van der Waals surface area contributed by atoms with Crippen LogP contribution in [0.5, 0.6) is 0 Å². The van der Waals surface area contributed by atoms with Crippen LogP contribution in [0.15, 0.2) is 0 Å². The highest BCUT2D eigenvalue weighted by Crippen LogP contribution is 2.75. The van der Waals surface area contributed by atoms with Gasteiger partial charge in [-0.05, 0) is 43.4 Å². The Balaban J connectivity index is 1.90. The maximum atomic E-state index is 11.5. The monoisotopic (exact) mass is 166 g/mol. The average Bonchev–Trinajstić information content (AvgIpc) is 2.61. The molecule has 0 amide bonds. The first kappa shape index (κ1) is 6.93. The van der Waals surface area contributed by atoms with Gasteiger partial charge in [0.05, 0.1) is 12.5 Å². The molecule has 4 fully saturated rings. The molecule has 4 saturated carbocycles. The molecule has 0 N–H and O–H groups in total. The first-order chi connectivity index (χ1) is 5.79. The highest BCUT2D eigenvalue weighted by atomic mass is 16.5. The summed E-state index contributed by atoms with van der Waals surface area (Å²) < 4.78 is 4.89. The lowest BCUT2D eigenvalue weighted by Gasteiger charge is -2.29. The second kappa shape index (κ2) is 1.86. The molecule has 0 saturated heterocycles. The highest BCUT2D eigenvalue weighted by Gasteiger charge is 2.74. The van der Waals surface area contributed by atoms with Crippen molar-refractivity contribution in [2.24, 2.45) is 23.2 Å². The Morgan fingerprint density at radius 3 is 2.58 bits per heavy atom. The normalized spacial score (nSPS) is 53.6. The molecule has 0 aromatic carbocycles. The molecule has 0 radical (unpaired) electrons.